The molecule has 0 spiro atoms. The quantitative estimate of drug-likeness (QED) is 0.410. The predicted molar refractivity (Wildman–Crippen MR) is 35.6 cm³/mol. The number of carbonyl (C=O) groups is 2. The fraction of sp³-hybridized carbons (Fsp3) is 0.667. The van der Waals surface area contributed by atoms with Gasteiger partial charge < -0.3 is 9.64 Å². The lowest BCUT2D eigenvalue weighted by atomic mass is 10.5. The molecule has 0 fully saturated rings. The van der Waals surface area contributed by atoms with E-state index in [0.29, 0.717) is 0 Å². The minimum Gasteiger partial charge on any atom is -0.462 e. The molecule has 0 atom stereocenters. The van der Waals surface area contributed by atoms with Gasteiger partial charge in [-0.15, -0.1) is 0 Å². The van der Waals surface area contributed by atoms with Crippen LogP contribution in [0.2, 0.25) is 0 Å². The molecule has 0 aliphatic carbocycles. The second-order valence-electron chi connectivity index (χ2n) is 1.91. The molecule has 0 aromatic rings. The number of alkyl halides is 1. The van der Waals surface area contributed by atoms with Crippen molar-refractivity contribution in [3.63, 3.8) is 0 Å². The second-order valence-corrected chi connectivity index (χ2v) is 1.91. The van der Waals surface area contributed by atoms with Crippen molar-refractivity contribution >= 4 is 11.9 Å². The lowest BCUT2D eigenvalue weighted by molar-refractivity contribution is -0.157. The molecule has 64 valence electrons. The Hall–Kier alpha value is -1.13. The van der Waals surface area contributed by atoms with Crippen LogP contribution in [-0.4, -0.2) is 44.2 Å². The zero-order valence-electron chi connectivity index (χ0n) is 6.46. The smallest absolute Gasteiger partial charge is 0.396 e. The number of hydrogen-bond acceptors (Lipinski definition) is 3. The molecule has 0 aliphatic rings. The summed E-state index contributed by atoms with van der Waals surface area (Å²) in [5.41, 5.74) is 0. The summed E-state index contributed by atoms with van der Waals surface area (Å²) in [5, 5.41) is 0. The molecule has 0 heterocycles. The Balaban J connectivity index is 3.91. The van der Waals surface area contributed by atoms with E-state index >= 15 is 0 Å². The Labute approximate surface area is 63.9 Å². The molecule has 0 saturated heterocycles. The Kier molecular flexibility index (Phi) is 4.17. The highest BCUT2D eigenvalue weighted by molar-refractivity contribution is 6.32. The average molecular weight is 163 g/mol. The summed E-state index contributed by atoms with van der Waals surface area (Å²) in [4.78, 5) is 22.2. The largest absolute Gasteiger partial charge is 0.462 e. The van der Waals surface area contributed by atoms with Crippen molar-refractivity contribution in [2.24, 2.45) is 0 Å². The first-order valence-electron chi connectivity index (χ1n) is 3.02. The zero-order chi connectivity index (χ0) is 8.85. The van der Waals surface area contributed by atoms with Crippen molar-refractivity contribution in [3.8, 4) is 0 Å². The van der Waals surface area contributed by atoms with Gasteiger partial charge in [-0.3, -0.25) is 4.79 Å². The Morgan fingerprint density at radius 3 is 2.45 bits per heavy atom. The van der Waals surface area contributed by atoms with Crippen molar-refractivity contribution in [2.45, 2.75) is 0 Å². The number of nitrogens with zero attached hydrogens (tertiary/aromatic N) is 1. The van der Waals surface area contributed by atoms with Crippen molar-refractivity contribution in [3.05, 3.63) is 0 Å². The molecule has 0 saturated carbocycles. The SMILES string of the molecule is COC(=O)C(=O)N(C)CCF. The molecule has 0 rings (SSSR count). The van der Waals surface area contributed by atoms with Crippen LogP contribution < -0.4 is 0 Å². The number of ether oxygens (including phenoxy) is 1. The number of hydrogen-bond donors (Lipinski definition) is 0. The van der Waals surface area contributed by atoms with Crippen molar-refractivity contribution < 1.29 is 18.7 Å². The summed E-state index contributed by atoms with van der Waals surface area (Å²) in [6.07, 6.45) is 0. The Bertz CT molecular complexity index is 160. The minimum atomic E-state index is -0.971. The summed E-state index contributed by atoms with van der Waals surface area (Å²) in [7, 11) is 2.43. The molecule has 1 amide bonds. The first-order valence-corrected chi connectivity index (χ1v) is 3.02. The number of rotatable bonds is 2. The van der Waals surface area contributed by atoms with E-state index in [0.717, 1.165) is 12.0 Å². The fourth-order valence-corrected chi connectivity index (χ4v) is 0.471. The number of amides is 1. The van der Waals surface area contributed by atoms with E-state index < -0.39 is 18.6 Å². The van der Waals surface area contributed by atoms with Gasteiger partial charge in [0.1, 0.15) is 6.67 Å². The molecule has 0 N–H and O–H groups in total. The highest BCUT2D eigenvalue weighted by Crippen LogP contribution is 1.87. The van der Waals surface area contributed by atoms with E-state index in [-0.39, 0.29) is 6.54 Å². The zero-order valence-corrected chi connectivity index (χ0v) is 6.46. The van der Waals surface area contributed by atoms with Gasteiger partial charge in [0.2, 0.25) is 0 Å². The van der Waals surface area contributed by atoms with Crippen LogP contribution in [0.4, 0.5) is 4.39 Å². The fourth-order valence-electron chi connectivity index (χ4n) is 0.471. The number of esters is 1. The first kappa shape index (κ1) is 9.87. The second kappa shape index (κ2) is 4.65. The van der Waals surface area contributed by atoms with E-state index in [1.165, 1.54) is 7.05 Å². The molecule has 0 aliphatic heterocycles. The van der Waals surface area contributed by atoms with Gasteiger partial charge in [-0.05, 0) is 0 Å². The molecule has 4 nitrogen and oxygen atoms in total. The monoisotopic (exact) mass is 163 g/mol. The molecule has 0 aromatic heterocycles. The molecule has 5 heteroatoms. The molecular formula is C6H10FNO3. The van der Waals surface area contributed by atoms with Gasteiger partial charge >= 0.3 is 11.9 Å². The van der Waals surface area contributed by atoms with Crippen LogP contribution >= 0.6 is 0 Å². The van der Waals surface area contributed by atoms with Crippen LogP contribution in [0.3, 0.4) is 0 Å². The Morgan fingerprint density at radius 1 is 1.55 bits per heavy atom. The van der Waals surface area contributed by atoms with Gasteiger partial charge in [-0.1, -0.05) is 0 Å². The first-order chi connectivity index (χ1) is 5.13. The molecule has 0 unspecified atom stereocenters. The minimum absolute atomic E-state index is 0.0894. The summed E-state index contributed by atoms with van der Waals surface area (Å²) < 4.78 is 15.8. The molecule has 11 heavy (non-hydrogen) atoms. The van der Waals surface area contributed by atoms with E-state index in [4.69, 9.17) is 0 Å². The number of halogens is 1. The van der Waals surface area contributed by atoms with E-state index in [1.54, 1.807) is 0 Å². The van der Waals surface area contributed by atoms with Gasteiger partial charge in [0, 0.05) is 13.6 Å². The standard InChI is InChI=1S/C6H10FNO3/c1-8(4-3-7)5(9)6(10)11-2/h3-4H2,1-2H3. The van der Waals surface area contributed by atoms with Crippen LogP contribution in [0.1, 0.15) is 0 Å². The van der Waals surface area contributed by atoms with Gasteiger partial charge in [0.25, 0.3) is 0 Å². The summed E-state index contributed by atoms with van der Waals surface area (Å²) in [5.74, 6) is -1.80. The number of methoxy groups -OCH3 is 1. The van der Waals surface area contributed by atoms with Crippen molar-refractivity contribution in [2.75, 3.05) is 27.4 Å². The average Bonchev–Trinajstić information content (AvgIpc) is 2.02. The highest BCUT2D eigenvalue weighted by atomic mass is 19.1. The van der Waals surface area contributed by atoms with E-state index in [9.17, 15) is 14.0 Å². The summed E-state index contributed by atoms with van der Waals surface area (Å²) in [6.45, 7) is -0.757. The lowest BCUT2D eigenvalue weighted by Gasteiger charge is -2.12. The highest BCUT2D eigenvalue weighted by Gasteiger charge is 2.17. The lowest BCUT2D eigenvalue weighted by Crippen LogP contribution is -2.35. The van der Waals surface area contributed by atoms with Gasteiger partial charge in [0.05, 0.1) is 7.11 Å². The molecule has 0 aromatic carbocycles. The van der Waals surface area contributed by atoms with Crippen LogP contribution in [0.5, 0.6) is 0 Å². The van der Waals surface area contributed by atoms with Gasteiger partial charge in [-0.25, -0.2) is 9.18 Å². The maximum atomic E-state index is 11.6. The maximum Gasteiger partial charge on any atom is 0.396 e. The topological polar surface area (TPSA) is 46.6 Å². The molecular weight excluding hydrogens is 153 g/mol. The van der Waals surface area contributed by atoms with Gasteiger partial charge in [0.15, 0.2) is 0 Å². The maximum absolute atomic E-state index is 11.6. The van der Waals surface area contributed by atoms with Crippen molar-refractivity contribution in [1.82, 2.24) is 4.90 Å². The van der Waals surface area contributed by atoms with E-state index in [1.807, 2.05) is 0 Å². The van der Waals surface area contributed by atoms with Crippen LogP contribution in [0, 0.1) is 0 Å². The summed E-state index contributed by atoms with van der Waals surface area (Å²) in [6, 6.07) is 0. The van der Waals surface area contributed by atoms with Gasteiger partial charge in [-0.2, -0.15) is 0 Å². The number of likely N-dealkylation sites (N-methyl/N-ethyl adjacent to an activating group) is 1. The number of carbonyl (C=O) groups excluding carboxylic acids is 2. The normalized spacial score (nSPS) is 9.00. The van der Waals surface area contributed by atoms with Crippen molar-refractivity contribution in [1.29, 1.82) is 0 Å². The van der Waals surface area contributed by atoms with Crippen LogP contribution in [-0.2, 0) is 14.3 Å². The van der Waals surface area contributed by atoms with Crippen LogP contribution in [0.15, 0.2) is 0 Å². The molecule has 0 radical (unpaired) electrons. The third-order valence-corrected chi connectivity index (χ3v) is 1.13. The third kappa shape index (κ3) is 2.97. The van der Waals surface area contributed by atoms with Crippen LogP contribution in [0.25, 0.3) is 0 Å². The third-order valence-electron chi connectivity index (χ3n) is 1.13. The molecule has 0 bridgehead atoms. The van der Waals surface area contributed by atoms with E-state index in [2.05, 4.69) is 4.74 Å². The predicted octanol–water partition coefficient (Wildman–Crippen LogP) is -0.413. The Morgan fingerprint density at radius 2 is 2.09 bits per heavy atom. The summed E-state index contributed by atoms with van der Waals surface area (Å²) >= 11 is 0.